The third-order valence-electron chi connectivity index (χ3n) is 3.71. The lowest BCUT2D eigenvalue weighted by atomic mass is 10.0. The molecule has 3 rings (SSSR count). The van der Waals surface area contributed by atoms with E-state index in [0.29, 0.717) is 8.72 Å². The van der Waals surface area contributed by atoms with Crippen LogP contribution in [-0.2, 0) is 9.84 Å². The highest BCUT2D eigenvalue weighted by Crippen LogP contribution is 2.34. The minimum atomic E-state index is -3.24. The Balaban J connectivity index is 2.18. The summed E-state index contributed by atoms with van der Waals surface area (Å²) in [6.07, 6.45) is 2.96. The summed E-state index contributed by atoms with van der Waals surface area (Å²) in [6.45, 7) is 1.92. The molecule has 0 aliphatic carbocycles. The van der Waals surface area contributed by atoms with Crippen molar-refractivity contribution in [2.24, 2.45) is 0 Å². The van der Waals surface area contributed by atoms with Gasteiger partial charge in [0.15, 0.2) is 9.84 Å². The Labute approximate surface area is 165 Å². The third kappa shape index (κ3) is 4.02. The summed E-state index contributed by atoms with van der Waals surface area (Å²) < 4.78 is 24.0. The number of sulfone groups is 1. The highest BCUT2D eigenvalue weighted by Gasteiger charge is 2.14. The molecule has 0 fully saturated rings. The molecular formula is C18H14ClIN2O2S. The second-order valence-electron chi connectivity index (χ2n) is 5.64. The molecule has 0 bridgehead atoms. The normalized spacial score (nSPS) is 11.5. The Kier molecular flexibility index (Phi) is 5.13. The molecule has 2 aromatic heterocycles. The summed E-state index contributed by atoms with van der Waals surface area (Å²) >= 11 is 8.36. The molecule has 0 radical (unpaired) electrons. The lowest BCUT2D eigenvalue weighted by molar-refractivity contribution is 0.602. The molecule has 25 heavy (non-hydrogen) atoms. The van der Waals surface area contributed by atoms with Crippen molar-refractivity contribution in [2.75, 3.05) is 6.26 Å². The van der Waals surface area contributed by atoms with Gasteiger partial charge in [0.1, 0.15) is 3.70 Å². The predicted molar refractivity (Wildman–Crippen MR) is 108 cm³/mol. The molecule has 7 heteroatoms. The van der Waals surface area contributed by atoms with E-state index in [-0.39, 0.29) is 4.90 Å². The average molecular weight is 485 g/mol. The molecule has 3 aromatic rings. The van der Waals surface area contributed by atoms with E-state index in [1.807, 2.05) is 25.1 Å². The van der Waals surface area contributed by atoms with Gasteiger partial charge in [-0.25, -0.2) is 13.4 Å². The van der Waals surface area contributed by atoms with Crippen LogP contribution in [0.4, 0.5) is 0 Å². The van der Waals surface area contributed by atoms with Crippen molar-refractivity contribution in [2.45, 2.75) is 11.8 Å². The molecule has 2 heterocycles. The molecular weight excluding hydrogens is 471 g/mol. The van der Waals surface area contributed by atoms with Crippen LogP contribution in [-0.4, -0.2) is 24.6 Å². The van der Waals surface area contributed by atoms with E-state index < -0.39 is 9.84 Å². The summed E-state index contributed by atoms with van der Waals surface area (Å²) in [4.78, 5) is 9.23. The van der Waals surface area contributed by atoms with Crippen molar-refractivity contribution in [3.8, 4) is 22.4 Å². The van der Waals surface area contributed by atoms with Gasteiger partial charge < -0.3 is 0 Å². The molecule has 0 spiro atoms. The number of pyridine rings is 2. The Morgan fingerprint density at radius 2 is 1.68 bits per heavy atom. The number of rotatable bonds is 3. The lowest BCUT2D eigenvalue weighted by Crippen LogP contribution is -1.97. The summed E-state index contributed by atoms with van der Waals surface area (Å²) in [5, 5.41) is 0.548. The third-order valence-corrected chi connectivity index (χ3v) is 6.27. The number of benzene rings is 1. The first-order valence-electron chi connectivity index (χ1n) is 7.35. The van der Waals surface area contributed by atoms with Gasteiger partial charge >= 0.3 is 0 Å². The number of hydrogen-bond donors (Lipinski definition) is 0. The molecule has 0 saturated carbocycles. The van der Waals surface area contributed by atoms with Gasteiger partial charge in [0.2, 0.25) is 0 Å². The minimum absolute atomic E-state index is 0.277. The molecule has 4 nitrogen and oxygen atoms in total. The van der Waals surface area contributed by atoms with Gasteiger partial charge in [-0.3, -0.25) is 4.98 Å². The fourth-order valence-electron chi connectivity index (χ4n) is 2.40. The Hall–Kier alpha value is -1.51. The number of aryl methyl sites for hydroxylation is 1. The van der Waals surface area contributed by atoms with Gasteiger partial charge in [0.05, 0.1) is 15.6 Å². The van der Waals surface area contributed by atoms with Crippen LogP contribution in [0.15, 0.2) is 53.6 Å². The molecule has 128 valence electrons. The quantitative estimate of drug-likeness (QED) is 0.396. The van der Waals surface area contributed by atoms with E-state index in [0.717, 1.165) is 28.1 Å². The molecule has 0 aliphatic heterocycles. The summed E-state index contributed by atoms with van der Waals surface area (Å²) in [7, 11) is -3.24. The van der Waals surface area contributed by atoms with Crippen LogP contribution >= 0.6 is 34.2 Å². The molecule has 0 unspecified atom stereocenters. The summed E-state index contributed by atoms with van der Waals surface area (Å²) in [5.41, 5.74) is 4.23. The van der Waals surface area contributed by atoms with E-state index in [1.165, 1.54) is 6.26 Å². The Morgan fingerprint density at radius 1 is 1.04 bits per heavy atom. The first kappa shape index (κ1) is 18.3. The molecule has 1 aromatic carbocycles. The predicted octanol–water partition coefficient (Wildman–Crippen LogP) is 4.78. The molecule has 0 aliphatic rings. The lowest BCUT2D eigenvalue weighted by Gasteiger charge is -2.12. The Morgan fingerprint density at radius 3 is 2.24 bits per heavy atom. The maximum Gasteiger partial charge on any atom is 0.175 e. The highest BCUT2D eigenvalue weighted by molar-refractivity contribution is 14.1. The Bertz CT molecular complexity index is 1030. The van der Waals surface area contributed by atoms with Crippen molar-refractivity contribution in [1.29, 1.82) is 0 Å². The summed E-state index contributed by atoms with van der Waals surface area (Å²) in [6, 6.07) is 12.4. The smallest absolute Gasteiger partial charge is 0.175 e. The topological polar surface area (TPSA) is 59.9 Å². The fraction of sp³-hybridized carbons (Fsp3) is 0.111. The van der Waals surface area contributed by atoms with Crippen molar-refractivity contribution < 1.29 is 8.42 Å². The first-order valence-corrected chi connectivity index (χ1v) is 10.7. The van der Waals surface area contributed by atoms with Crippen LogP contribution in [0.25, 0.3) is 22.4 Å². The first-order chi connectivity index (χ1) is 11.8. The number of nitrogens with zero attached hydrogens (tertiary/aromatic N) is 2. The van der Waals surface area contributed by atoms with Crippen molar-refractivity contribution in [3.63, 3.8) is 0 Å². The van der Waals surface area contributed by atoms with E-state index in [1.54, 1.807) is 30.5 Å². The molecule has 0 atom stereocenters. The minimum Gasteiger partial charge on any atom is -0.261 e. The maximum atomic E-state index is 11.7. The second-order valence-corrected chi connectivity index (χ2v) is 9.09. The molecule has 0 N–H and O–H groups in total. The van der Waals surface area contributed by atoms with E-state index in [2.05, 4.69) is 32.6 Å². The standard InChI is InChI=1S/C18H14ClIN2O2S/c1-11-3-4-13(10-21-11)17-15(9-16(19)18(20)22-17)12-5-7-14(8-6-12)25(2,23)24/h3-10H,1-2H3. The van der Waals surface area contributed by atoms with Gasteiger partial charge in [-0.1, -0.05) is 23.7 Å². The van der Waals surface area contributed by atoms with Gasteiger partial charge in [-0.2, -0.15) is 0 Å². The van der Waals surface area contributed by atoms with Crippen molar-refractivity contribution in [1.82, 2.24) is 9.97 Å². The SMILES string of the molecule is Cc1ccc(-c2nc(I)c(Cl)cc2-c2ccc(S(C)(=O)=O)cc2)cn1. The van der Waals surface area contributed by atoms with Crippen molar-refractivity contribution >= 4 is 44.0 Å². The van der Waals surface area contributed by atoms with E-state index >= 15 is 0 Å². The van der Waals surface area contributed by atoms with Gasteiger partial charge in [0.25, 0.3) is 0 Å². The monoisotopic (exact) mass is 484 g/mol. The molecule has 0 amide bonds. The number of hydrogen-bond acceptors (Lipinski definition) is 4. The van der Waals surface area contributed by atoms with Crippen LogP contribution in [0.1, 0.15) is 5.69 Å². The largest absolute Gasteiger partial charge is 0.261 e. The van der Waals surface area contributed by atoms with Crippen LogP contribution in [0.5, 0.6) is 0 Å². The van der Waals surface area contributed by atoms with E-state index in [9.17, 15) is 8.42 Å². The number of aromatic nitrogens is 2. The van der Waals surface area contributed by atoms with E-state index in [4.69, 9.17) is 11.6 Å². The zero-order chi connectivity index (χ0) is 18.2. The fourth-order valence-corrected chi connectivity index (χ4v) is 3.57. The van der Waals surface area contributed by atoms with Gasteiger partial charge in [-0.05, 0) is 65.4 Å². The van der Waals surface area contributed by atoms with Crippen LogP contribution in [0.3, 0.4) is 0 Å². The van der Waals surface area contributed by atoms with Crippen LogP contribution in [0.2, 0.25) is 5.02 Å². The highest BCUT2D eigenvalue weighted by atomic mass is 127. The molecule has 0 saturated heterocycles. The zero-order valence-corrected chi connectivity index (χ0v) is 17.2. The number of halogens is 2. The van der Waals surface area contributed by atoms with Crippen LogP contribution in [0, 0.1) is 10.6 Å². The van der Waals surface area contributed by atoms with Gasteiger partial charge in [-0.15, -0.1) is 0 Å². The average Bonchev–Trinajstić information content (AvgIpc) is 2.57. The van der Waals surface area contributed by atoms with Gasteiger partial charge in [0, 0.05) is 29.3 Å². The van der Waals surface area contributed by atoms with Crippen molar-refractivity contribution in [3.05, 3.63) is 63.1 Å². The maximum absolute atomic E-state index is 11.7. The second kappa shape index (κ2) is 7.01. The summed E-state index contributed by atoms with van der Waals surface area (Å²) in [5.74, 6) is 0. The zero-order valence-electron chi connectivity index (χ0n) is 13.5. The van der Waals surface area contributed by atoms with Crippen LogP contribution < -0.4 is 0 Å².